The van der Waals surface area contributed by atoms with Gasteiger partial charge in [0.15, 0.2) is 0 Å². The maximum absolute atomic E-state index is 4.12. The molecule has 0 saturated heterocycles. The third-order valence-electron chi connectivity index (χ3n) is 3.96. The summed E-state index contributed by atoms with van der Waals surface area (Å²) in [7, 11) is 0. The summed E-state index contributed by atoms with van der Waals surface area (Å²) in [6.45, 7) is 18.0. The Morgan fingerprint density at radius 3 is 2.12 bits per heavy atom. The number of allylic oxidation sites excluding steroid dienone is 6. The van der Waals surface area contributed by atoms with Gasteiger partial charge in [-0.05, 0) is 50.7 Å². The fraction of sp³-hybridized carbons (Fsp3) is 0.333. The van der Waals surface area contributed by atoms with Crippen molar-refractivity contribution in [2.75, 3.05) is 13.1 Å². The summed E-state index contributed by atoms with van der Waals surface area (Å²) in [5.74, 6) is 0. The molecule has 26 heavy (non-hydrogen) atoms. The molecule has 0 aliphatic carbocycles. The van der Waals surface area contributed by atoms with E-state index in [1.54, 1.807) is 0 Å². The van der Waals surface area contributed by atoms with E-state index in [0.29, 0.717) is 0 Å². The van der Waals surface area contributed by atoms with Crippen LogP contribution in [0.4, 0.5) is 0 Å². The van der Waals surface area contributed by atoms with Crippen molar-refractivity contribution in [3.8, 4) is 0 Å². The lowest BCUT2D eigenvalue weighted by molar-refractivity contribution is 0.698. The molecule has 0 aromatic heterocycles. The summed E-state index contributed by atoms with van der Waals surface area (Å²) in [5.41, 5.74) is 5.84. The van der Waals surface area contributed by atoms with Gasteiger partial charge in [0.1, 0.15) is 0 Å². The van der Waals surface area contributed by atoms with Gasteiger partial charge in [0, 0.05) is 24.5 Å². The topological polar surface area (TPSA) is 24.1 Å². The Morgan fingerprint density at radius 2 is 1.54 bits per heavy atom. The van der Waals surface area contributed by atoms with Crippen molar-refractivity contribution < 1.29 is 0 Å². The van der Waals surface area contributed by atoms with E-state index in [9.17, 15) is 0 Å². The van der Waals surface area contributed by atoms with Crippen molar-refractivity contribution in [3.63, 3.8) is 0 Å². The molecule has 0 aliphatic heterocycles. The van der Waals surface area contributed by atoms with Crippen LogP contribution in [0.2, 0.25) is 0 Å². The highest BCUT2D eigenvalue weighted by atomic mass is 14.9. The lowest BCUT2D eigenvalue weighted by atomic mass is 10.1. The van der Waals surface area contributed by atoms with Gasteiger partial charge in [0.25, 0.3) is 0 Å². The number of hydrogen-bond acceptors (Lipinski definition) is 2. The van der Waals surface area contributed by atoms with Crippen molar-refractivity contribution in [2.24, 2.45) is 0 Å². The molecule has 140 valence electrons. The summed E-state index contributed by atoms with van der Waals surface area (Å²) >= 11 is 0. The van der Waals surface area contributed by atoms with Gasteiger partial charge in [0.2, 0.25) is 0 Å². The fourth-order valence-corrected chi connectivity index (χ4v) is 2.62. The summed E-state index contributed by atoms with van der Waals surface area (Å²) in [4.78, 5) is 0. The SMILES string of the molecule is C=C(C)/C=C(\C=C/C)CCNC(=C)CCC(=C)NCCc1ccccc1. The van der Waals surface area contributed by atoms with Crippen LogP contribution in [-0.2, 0) is 6.42 Å². The Labute approximate surface area is 160 Å². The van der Waals surface area contributed by atoms with E-state index in [0.717, 1.165) is 55.7 Å². The largest absolute Gasteiger partial charge is 0.388 e. The lowest BCUT2D eigenvalue weighted by Crippen LogP contribution is -2.18. The van der Waals surface area contributed by atoms with Gasteiger partial charge in [-0.1, -0.05) is 73.9 Å². The van der Waals surface area contributed by atoms with Crippen LogP contribution in [0.1, 0.15) is 38.7 Å². The molecule has 0 aliphatic rings. The first-order valence-corrected chi connectivity index (χ1v) is 9.37. The number of nitrogens with one attached hydrogen (secondary N) is 2. The second-order valence-corrected chi connectivity index (χ2v) is 6.61. The van der Waals surface area contributed by atoms with E-state index in [1.807, 2.05) is 19.9 Å². The van der Waals surface area contributed by atoms with Crippen LogP contribution in [0.25, 0.3) is 0 Å². The summed E-state index contributed by atoms with van der Waals surface area (Å²) in [6, 6.07) is 10.5. The average Bonchev–Trinajstić information content (AvgIpc) is 2.60. The molecule has 0 fully saturated rings. The Hall–Kier alpha value is -2.48. The zero-order valence-electron chi connectivity index (χ0n) is 16.5. The molecule has 1 aromatic rings. The van der Waals surface area contributed by atoms with Gasteiger partial charge in [-0.25, -0.2) is 0 Å². The smallest absolute Gasteiger partial charge is 0.0184 e. The first-order valence-electron chi connectivity index (χ1n) is 9.37. The number of hydrogen-bond donors (Lipinski definition) is 2. The van der Waals surface area contributed by atoms with E-state index in [2.05, 4.69) is 72.9 Å². The molecule has 0 atom stereocenters. The molecule has 2 N–H and O–H groups in total. The lowest BCUT2D eigenvalue weighted by Gasteiger charge is -2.13. The zero-order chi connectivity index (χ0) is 19.2. The molecular weight excluding hydrogens is 316 g/mol. The molecule has 0 radical (unpaired) electrons. The molecule has 2 nitrogen and oxygen atoms in total. The van der Waals surface area contributed by atoms with Crippen LogP contribution in [-0.4, -0.2) is 13.1 Å². The van der Waals surface area contributed by atoms with Crippen LogP contribution in [0.15, 0.2) is 90.8 Å². The van der Waals surface area contributed by atoms with Crippen LogP contribution >= 0.6 is 0 Å². The fourth-order valence-electron chi connectivity index (χ4n) is 2.62. The molecule has 0 unspecified atom stereocenters. The van der Waals surface area contributed by atoms with Gasteiger partial charge in [-0.3, -0.25) is 0 Å². The Morgan fingerprint density at radius 1 is 0.923 bits per heavy atom. The van der Waals surface area contributed by atoms with Crippen molar-refractivity contribution in [1.82, 2.24) is 10.6 Å². The molecule has 1 aromatic carbocycles. The minimum absolute atomic E-state index is 0.885. The summed E-state index contributed by atoms with van der Waals surface area (Å²) < 4.78 is 0. The Balaban J connectivity index is 2.18. The molecule has 1 rings (SSSR count). The normalized spacial score (nSPS) is 11.4. The third-order valence-corrected chi connectivity index (χ3v) is 3.96. The first-order chi connectivity index (χ1) is 12.5. The van der Waals surface area contributed by atoms with E-state index in [1.165, 1.54) is 11.1 Å². The predicted molar refractivity (Wildman–Crippen MR) is 116 cm³/mol. The van der Waals surface area contributed by atoms with Gasteiger partial charge in [0.05, 0.1) is 0 Å². The maximum atomic E-state index is 4.12. The van der Waals surface area contributed by atoms with Crippen molar-refractivity contribution in [1.29, 1.82) is 0 Å². The highest BCUT2D eigenvalue weighted by molar-refractivity contribution is 5.27. The van der Waals surface area contributed by atoms with E-state index < -0.39 is 0 Å². The van der Waals surface area contributed by atoms with Gasteiger partial charge < -0.3 is 10.6 Å². The monoisotopic (exact) mass is 350 g/mol. The molecule has 0 spiro atoms. The van der Waals surface area contributed by atoms with Gasteiger partial charge in [-0.2, -0.15) is 0 Å². The minimum atomic E-state index is 0.885. The quantitative estimate of drug-likeness (QED) is 0.447. The molecule has 2 heteroatoms. The second-order valence-electron chi connectivity index (χ2n) is 6.61. The van der Waals surface area contributed by atoms with Crippen LogP contribution in [0, 0.1) is 0 Å². The molecule has 0 amide bonds. The molecule has 0 heterocycles. The molecule has 0 bridgehead atoms. The summed E-state index contributed by atoms with van der Waals surface area (Å²) in [5, 5.41) is 6.82. The van der Waals surface area contributed by atoms with Crippen LogP contribution in [0.5, 0.6) is 0 Å². The zero-order valence-corrected chi connectivity index (χ0v) is 16.5. The van der Waals surface area contributed by atoms with E-state index >= 15 is 0 Å². The Kier molecular flexibility index (Phi) is 10.6. The molecular formula is C24H34N2. The molecule has 0 saturated carbocycles. The maximum Gasteiger partial charge on any atom is 0.0184 e. The second kappa shape index (κ2) is 12.8. The predicted octanol–water partition coefficient (Wildman–Crippen LogP) is 5.68. The van der Waals surface area contributed by atoms with Crippen LogP contribution < -0.4 is 10.6 Å². The van der Waals surface area contributed by atoms with E-state index in [-0.39, 0.29) is 0 Å². The third kappa shape index (κ3) is 10.4. The van der Waals surface area contributed by atoms with Crippen molar-refractivity contribution in [3.05, 3.63) is 96.4 Å². The van der Waals surface area contributed by atoms with Gasteiger partial charge >= 0.3 is 0 Å². The number of benzene rings is 1. The standard InChI is InChI=1S/C24H34N2/c1-6-10-24(19-20(2)3)16-18-26-22(5)14-13-21(4)25-17-15-23-11-8-7-9-12-23/h6-12,19,25-26H,2,4-5,13-18H2,1,3H3/b10-6-,24-19+. The highest BCUT2D eigenvalue weighted by Crippen LogP contribution is 2.09. The highest BCUT2D eigenvalue weighted by Gasteiger charge is 1.99. The minimum Gasteiger partial charge on any atom is -0.388 e. The van der Waals surface area contributed by atoms with E-state index in [4.69, 9.17) is 0 Å². The van der Waals surface area contributed by atoms with Crippen molar-refractivity contribution in [2.45, 2.75) is 39.5 Å². The summed E-state index contributed by atoms with van der Waals surface area (Å²) in [6.07, 6.45) is 10.1. The first kappa shape index (κ1) is 21.6. The average molecular weight is 351 g/mol. The van der Waals surface area contributed by atoms with Crippen LogP contribution in [0.3, 0.4) is 0 Å². The Bertz CT molecular complexity index is 635. The number of rotatable bonds is 13. The van der Waals surface area contributed by atoms with Gasteiger partial charge in [-0.15, -0.1) is 0 Å². The van der Waals surface area contributed by atoms with Crippen molar-refractivity contribution >= 4 is 0 Å².